The summed E-state index contributed by atoms with van der Waals surface area (Å²) in [5.41, 5.74) is -0.805. The number of alkyl halides is 3. The van der Waals surface area contributed by atoms with Crippen LogP contribution in [0.2, 0.25) is 0 Å². The summed E-state index contributed by atoms with van der Waals surface area (Å²) in [7, 11) is 0. The van der Waals surface area contributed by atoms with Crippen LogP contribution in [0.5, 0.6) is 0 Å². The molecule has 1 unspecified atom stereocenters. The number of aromatic nitrogens is 3. The summed E-state index contributed by atoms with van der Waals surface area (Å²) < 4.78 is 37.9. The van der Waals surface area contributed by atoms with Gasteiger partial charge in [0.1, 0.15) is 6.04 Å². The van der Waals surface area contributed by atoms with Gasteiger partial charge >= 0.3 is 6.18 Å². The Balaban J connectivity index is 2.09. The van der Waals surface area contributed by atoms with Gasteiger partial charge in [0.05, 0.1) is 6.20 Å². The van der Waals surface area contributed by atoms with E-state index < -0.39 is 23.7 Å². The van der Waals surface area contributed by atoms with Crippen molar-refractivity contribution < 1.29 is 22.8 Å². The minimum atomic E-state index is -5.00. The average molecular weight is 304 g/mol. The normalized spacial score (nSPS) is 17.6. The van der Waals surface area contributed by atoms with Gasteiger partial charge in [0.2, 0.25) is 5.91 Å². The zero-order valence-corrected chi connectivity index (χ0v) is 11.4. The fourth-order valence-electron chi connectivity index (χ4n) is 2.21. The molecule has 116 valence electrons. The van der Waals surface area contributed by atoms with Gasteiger partial charge in [-0.3, -0.25) is 9.59 Å². The number of rotatable bonds is 3. The fourth-order valence-corrected chi connectivity index (χ4v) is 2.21. The van der Waals surface area contributed by atoms with Crippen LogP contribution >= 0.6 is 0 Å². The molecular weight excluding hydrogens is 289 g/mol. The number of Topliss-reactive ketones (excluding diaryl/α,β-unsaturated/α-hetero) is 1. The van der Waals surface area contributed by atoms with E-state index >= 15 is 0 Å². The minimum Gasteiger partial charge on any atom is -0.341 e. The molecular formula is C12H15F3N4O2. The zero-order valence-electron chi connectivity index (χ0n) is 11.4. The highest BCUT2D eigenvalue weighted by Crippen LogP contribution is 2.21. The number of halogens is 3. The Kier molecular flexibility index (Phi) is 4.29. The molecule has 2 heterocycles. The quantitative estimate of drug-likeness (QED) is 0.795. The highest BCUT2D eigenvalue weighted by molar-refractivity contribution is 5.98. The van der Waals surface area contributed by atoms with E-state index in [0.29, 0.717) is 13.1 Å². The Bertz CT molecular complexity index is 535. The van der Waals surface area contributed by atoms with Crippen LogP contribution in [-0.2, 0) is 4.79 Å². The Morgan fingerprint density at radius 3 is 2.43 bits per heavy atom. The molecule has 0 aliphatic carbocycles. The van der Waals surface area contributed by atoms with Gasteiger partial charge in [-0.1, -0.05) is 5.21 Å². The third-order valence-electron chi connectivity index (χ3n) is 3.42. The van der Waals surface area contributed by atoms with Crippen LogP contribution in [-0.4, -0.2) is 50.9 Å². The molecule has 1 atom stereocenters. The lowest BCUT2D eigenvalue weighted by atomic mass is 10.1. The maximum absolute atomic E-state index is 12.3. The summed E-state index contributed by atoms with van der Waals surface area (Å²) in [4.78, 5) is 24.9. The molecule has 9 heteroatoms. The second kappa shape index (κ2) is 5.82. The van der Waals surface area contributed by atoms with Gasteiger partial charge in [-0.2, -0.15) is 13.2 Å². The van der Waals surface area contributed by atoms with Crippen LogP contribution in [0.1, 0.15) is 42.7 Å². The predicted octanol–water partition coefficient (Wildman–Crippen LogP) is 1.60. The van der Waals surface area contributed by atoms with Crippen molar-refractivity contribution >= 4 is 11.7 Å². The first-order chi connectivity index (χ1) is 9.80. The summed E-state index contributed by atoms with van der Waals surface area (Å²) >= 11 is 0. The number of hydrogen-bond acceptors (Lipinski definition) is 4. The third-order valence-corrected chi connectivity index (χ3v) is 3.42. The summed E-state index contributed by atoms with van der Waals surface area (Å²) in [6.45, 7) is 2.78. The van der Waals surface area contributed by atoms with Gasteiger partial charge in [-0.25, -0.2) is 4.68 Å². The number of piperidine rings is 1. The first kappa shape index (κ1) is 15.5. The molecule has 1 aromatic rings. The number of amides is 1. The SMILES string of the molecule is CC(C(=O)N1CCCCC1)n1cc(C(=O)C(F)(F)F)nn1. The van der Waals surface area contributed by atoms with E-state index in [0.717, 1.165) is 30.1 Å². The zero-order chi connectivity index (χ0) is 15.6. The monoisotopic (exact) mass is 304 g/mol. The molecule has 1 aliphatic rings. The molecule has 21 heavy (non-hydrogen) atoms. The number of likely N-dealkylation sites (tertiary alicyclic amines) is 1. The molecule has 2 rings (SSSR count). The van der Waals surface area contributed by atoms with E-state index in [1.165, 1.54) is 6.92 Å². The molecule has 1 fully saturated rings. The van der Waals surface area contributed by atoms with Gasteiger partial charge in [0.25, 0.3) is 5.78 Å². The number of hydrogen-bond donors (Lipinski definition) is 0. The van der Waals surface area contributed by atoms with Crippen molar-refractivity contribution in [2.24, 2.45) is 0 Å². The highest BCUT2D eigenvalue weighted by atomic mass is 19.4. The van der Waals surface area contributed by atoms with Crippen LogP contribution in [0, 0.1) is 0 Å². The summed E-state index contributed by atoms with van der Waals surface area (Å²) in [6, 6.07) is -0.787. The van der Waals surface area contributed by atoms with Crippen molar-refractivity contribution in [2.75, 3.05) is 13.1 Å². The van der Waals surface area contributed by atoms with Crippen LogP contribution < -0.4 is 0 Å². The van der Waals surface area contributed by atoms with Crippen molar-refractivity contribution in [2.45, 2.75) is 38.4 Å². The van der Waals surface area contributed by atoms with E-state index in [9.17, 15) is 22.8 Å². The maximum atomic E-state index is 12.3. The Labute approximate surface area is 118 Å². The van der Waals surface area contributed by atoms with E-state index in [2.05, 4.69) is 10.3 Å². The van der Waals surface area contributed by atoms with E-state index in [1.54, 1.807) is 4.90 Å². The predicted molar refractivity (Wildman–Crippen MR) is 65.5 cm³/mol. The van der Waals surface area contributed by atoms with Gasteiger partial charge < -0.3 is 4.90 Å². The second-order valence-electron chi connectivity index (χ2n) is 4.97. The fraction of sp³-hybridized carbons (Fsp3) is 0.667. The molecule has 0 saturated carbocycles. The molecule has 0 spiro atoms. The summed E-state index contributed by atoms with van der Waals surface area (Å²) in [5.74, 6) is -2.29. The van der Waals surface area contributed by atoms with Crippen molar-refractivity contribution in [3.05, 3.63) is 11.9 Å². The van der Waals surface area contributed by atoms with Gasteiger partial charge in [0.15, 0.2) is 5.69 Å². The molecule has 0 aromatic carbocycles. The summed E-state index contributed by atoms with van der Waals surface area (Å²) in [5, 5.41) is 6.67. The molecule has 1 aromatic heterocycles. The number of ketones is 1. The van der Waals surface area contributed by atoms with Crippen LogP contribution in [0.15, 0.2) is 6.20 Å². The molecule has 1 aliphatic heterocycles. The third kappa shape index (κ3) is 3.40. The number of carbonyl (C=O) groups is 2. The Hall–Kier alpha value is -1.93. The number of nitrogens with zero attached hydrogens (tertiary/aromatic N) is 4. The molecule has 0 N–H and O–H groups in total. The van der Waals surface area contributed by atoms with Crippen LogP contribution in [0.4, 0.5) is 13.2 Å². The van der Waals surface area contributed by atoms with E-state index in [1.807, 2.05) is 0 Å². The maximum Gasteiger partial charge on any atom is 0.456 e. The second-order valence-corrected chi connectivity index (χ2v) is 4.97. The van der Waals surface area contributed by atoms with Gasteiger partial charge in [0, 0.05) is 13.1 Å². The first-order valence-corrected chi connectivity index (χ1v) is 6.63. The van der Waals surface area contributed by atoms with Gasteiger partial charge in [-0.05, 0) is 26.2 Å². The molecule has 0 radical (unpaired) electrons. The lowest BCUT2D eigenvalue weighted by molar-refractivity contribution is -0.135. The molecule has 1 amide bonds. The largest absolute Gasteiger partial charge is 0.456 e. The minimum absolute atomic E-state index is 0.231. The summed E-state index contributed by atoms with van der Waals surface area (Å²) in [6.07, 6.45) is -1.25. The van der Waals surface area contributed by atoms with Crippen molar-refractivity contribution in [1.82, 2.24) is 19.9 Å². The molecule has 6 nitrogen and oxygen atoms in total. The molecule has 0 bridgehead atoms. The van der Waals surface area contributed by atoms with Crippen molar-refractivity contribution in [3.63, 3.8) is 0 Å². The van der Waals surface area contributed by atoms with Crippen LogP contribution in [0.25, 0.3) is 0 Å². The van der Waals surface area contributed by atoms with E-state index in [-0.39, 0.29) is 5.91 Å². The standard InChI is InChI=1S/C12H15F3N4O2/c1-8(11(21)18-5-3-2-4-6-18)19-7-9(16-17-19)10(20)12(13,14)15/h7-8H,2-6H2,1H3. The highest BCUT2D eigenvalue weighted by Gasteiger charge is 2.41. The average Bonchev–Trinajstić information content (AvgIpc) is 2.94. The lowest BCUT2D eigenvalue weighted by Gasteiger charge is -2.29. The van der Waals surface area contributed by atoms with Gasteiger partial charge in [-0.15, -0.1) is 5.10 Å². The van der Waals surface area contributed by atoms with Crippen molar-refractivity contribution in [3.8, 4) is 0 Å². The lowest BCUT2D eigenvalue weighted by Crippen LogP contribution is -2.39. The Morgan fingerprint density at radius 2 is 1.86 bits per heavy atom. The first-order valence-electron chi connectivity index (χ1n) is 6.63. The van der Waals surface area contributed by atoms with Crippen molar-refractivity contribution in [1.29, 1.82) is 0 Å². The molecule has 1 saturated heterocycles. The smallest absolute Gasteiger partial charge is 0.341 e. The number of carbonyl (C=O) groups excluding carboxylic acids is 2. The van der Waals surface area contributed by atoms with Crippen LogP contribution in [0.3, 0.4) is 0 Å². The topological polar surface area (TPSA) is 68.1 Å². The Morgan fingerprint density at radius 1 is 1.24 bits per heavy atom. The van der Waals surface area contributed by atoms with E-state index in [4.69, 9.17) is 0 Å².